The first-order chi connectivity index (χ1) is 9.72. The fourth-order valence-electron chi connectivity index (χ4n) is 2.44. The Hall–Kier alpha value is -2.27. The number of rotatable bonds is 3. The Labute approximate surface area is 116 Å². The van der Waals surface area contributed by atoms with E-state index in [-0.39, 0.29) is 5.82 Å². The zero-order valence-corrected chi connectivity index (χ0v) is 11.0. The summed E-state index contributed by atoms with van der Waals surface area (Å²) in [4.78, 5) is 21.2. The normalized spacial score (nSPS) is 14.8. The summed E-state index contributed by atoms with van der Waals surface area (Å²) < 4.78 is 0. The van der Waals surface area contributed by atoms with Gasteiger partial charge in [-0.25, -0.2) is 14.8 Å². The van der Waals surface area contributed by atoms with Gasteiger partial charge in [0.05, 0.1) is 5.69 Å². The standard InChI is InChI=1S/C15H15N3O2/c19-15(20)14-16-8-12-6-7-18(10-13(12)17-14)9-11-4-2-1-3-5-11/h1-5,8H,6-7,9-10H2,(H,19,20). The van der Waals surface area contributed by atoms with Crippen molar-refractivity contribution in [3.05, 3.63) is 59.2 Å². The van der Waals surface area contributed by atoms with Crippen molar-refractivity contribution in [2.24, 2.45) is 0 Å². The molecule has 5 nitrogen and oxygen atoms in total. The zero-order chi connectivity index (χ0) is 13.9. The molecule has 2 heterocycles. The molecular weight excluding hydrogens is 254 g/mol. The number of carboxylic acid groups (broad SMARTS) is 1. The van der Waals surface area contributed by atoms with Gasteiger partial charge < -0.3 is 5.11 Å². The number of carbonyl (C=O) groups is 1. The average molecular weight is 269 g/mol. The highest BCUT2D eigenvalue weighted by Gasteiger charge is 2.20. The smallest absolute Gasteiger partial charge is 0.373 e. The largest absolute Gasteiger partial charge is 0.475 e. The Balaban J connectivity index is 1.77. The second kappa shape index (κ2) is 5.38. The van der Waals surface area contributed by atoms with Crippen molar-refractivity contribution in [2.45, 2.75) is 19.5 Å². The summed E-state index contributed by atoms with van der Waals surface area (Å²) in [6, 6.07) is 10.2. The second-order valence-electron chi connectivity index (χ2n) is 4.92. The molecule has 0 spiro atoms. The summed E-state index contributed by atoms with van der Waals surface area (Å²) >= 11 is 0. The van der Waals surface area contributed by atoms with E-state index in [0.717, 1.165) is 30.8 Å². The highest BCUT2D eigenvalue weighted by Crippen LogP contribution is 2.18. The van der Waals surface area contributed by atoms with Crippen LogP contribution in [0.1, 0.15) is 27.4 Å². The molecule has 1 aliphatic rings. The number of fused-ring (bicyclic) bond motifs is 1. The maximum atomic E-state index is 10.9. The molecule has 0 radical (unpaired) electrons. The van der Waals surface area contributed by atoms with E-state index >= 15 is 0 Å². The molecule has 0 bridgehead atoms. The number of carboxylic acids is 1. The molecule has 1 N–H and O–H groups in total. The summed E-state index contributed by atoms with van der Waals surface area (Å²) in [6.07, 6.45) is 2.51. The van der Waals surface area contributed by atoms with E-state index in [1.807, 2.05) is 18.2 Å². The van der Waals surface area contributed by atoms with Crippen LogP contribution < -0.4 is 0 Å². The van der Waals surface area contributed by atoms with E-state index < -0.39 is 5.97 Å². The molecule has 0 unspecified atom stereocenters. The first-order valence-corrected chi connectivity index (χ1v) is 6.57. The predicted molar refractivity (Wildman–Crippen MR) is 73.3 cm³/mol. The van der Waals surface area contributed by atoms with Gasteiger partial charge >= 0.3 is 5.97 Å². The topological polar surface area (TPSA) is 66.3 Å². The first-order valence-electron chi connectivity index (χ1n) is 6.57. The number of hydrogen-bond acceptors (Lipinski definition) is 4. The SMILES string of the molecule is O=C(O)c1ncc2c(n1)CN(Cc1ccccc1)CC2. The van der Waals surface area contributed by atoms with Crippen LogP contribution in [-0.2, 0) is 19.5 Å². The number of aromatic carboxylic acids is 1. The molecular formula is C15H15N3O2. The lowest BCUT2D eigenvalue weighted by Crippen LogP contribution is -2.31. The molecule has 1 aliphatic heterocycles. The molecule has 0 atom stereocenters. The van der Waals surface area contributed by atoms with Crippen molar-refractivity contribution in [3.63, 3.8) is 0 Å². The molecule has 2 aromatic rings. The van der Waals surface area contributed by atoms with Crippen LogP contribution in [0.2, 0.25) is 0 Å². The van der Waals surface area contributed by atoms with Gasteiger partial charge in [-0.15, -0.1) is 0 Å². The van der Waals surface area contributed by atoms with Crippen LogP contribution in [0, 0.1) is 0 Å². The number of aromatic nitrogens is 2. The molecule has 3 rings (SSSR count). The summed E-state index contributed by atoms with van der Waals surface area (Å²) in [5.74, 6) is -1.20. The van der Waals surface area contributed by atoms with Gasteiger partial charge in [-0.3, -0.25) is 4.90 Å². The third kappa shape index (κ3) is 2.67. The van der Waals surface area contributed by atoms with Gasteiger partial charge in [-0.2, -0.15) is 0 Å². The Morgan fingerprint density at radius 1 is 1.30 bits per heavy atom. The number of hydrogen-bond donors (Lipinski definition) is 1. The maximum Gasteiger partial charge on any atom is 0.373 e. The molecule has 1 aromatic heterocycles. The summed E-state index contributed by atoms with van der Waals surface area (Å²) in [7, 11) is 0. The summed E-state index contributed by atoms with van der Waals surface area (Å²) in [5, 5.41) is 8.95. The van der Waals surface area contributed by atoms with Crippen LogP contribution in [0.3, 0.4) is 0 Å². The molecule has 102 valence electrons. The lowest BCUT2D eigenvalue weighted by Gasteiger charge is -2.27. The molecule has 0 saturated heterocycles. The molecule has 1 aromatic carbocycles. The second-order valence-corrected chi connectivity index (χ2v) is 4.92. The Kier molecular flexibility index (Phi) is 3.43. The van der Waals surface area contributed by atoms with Crippen molar-refractivity contribution in [2.75, 3.05) is 6.54 Å². The lowest BCUT2D eigenvalue weighted by atomic mass is 10.1. The van der Waals surface area contributed by atoms with E-state index in [9.17, 15) is 4.79 Å². The van der Waals surface area contributed by atoms with Gasteiger partial charge in [-0.05, 0) is 17.5 Å². The highest BCUT2D eigenvalue weighted by molar-refractivity contribution is 5.83. The van der Waals surface area contributed by atoms with Crippen LogP contribution in [0.4, 0.5) is 0 Å². The highest BCUT2D eigenvalue weighted by atomic mass is 16.4. The molecule has 0 saturated carbocycles. The number of benzene rings is 1. The predicted octanol–water partition coefficient (Wildman–Crippen LogP) is 1.73. The van der Waals surface area contributed by atoms with E-state index in [1.54, 1.807) is 6.20 Å². The van der Waals surface area contributed by atoms with Crippen molar-refractivity contribution >= 4 is 5.97 Å². The molecule has 5 heteroatoms. The minimum absolute atomic E-state index is 0.120. The van der Waals surface area contributed by atoms with Gasteiger partial charge in [0.2, 0.25) is 5.82 Å². The fourth-order valence-corrected chi connectivity index (χ4v) is 2.44. The maximum absolute atomic E-state index is 10.9. The first kappa shape index (κ1) is 12.7. The quantitative estimate of drug-likeness (QED) is 0.919. The van der Waals surface area contributed by atoms with Crippen molar-refractivity contribution in [1.82, 2.24) is 14.9 Å². The van der Waals surface area contributed by atoms with Crippen LogP contribution in [0.15, 0.2) is 36.5 Å². The zero-order valence-electron chi connectivity index (χ0n) is 11.0. The summed E-state index contributed by atoms with van der Waals surface area (Å²) in [6.45, 7) is 2.47. The monoisotopic (exact) mass is 269 g/mol. The lowest BCUT2D eigenvalue weighted by molar-refractivity contribution is 0.0682. The van der Waals surface area contributed by atoms with E-state index in [2.05, 4.69) is 27.0 Å². The molecule has 0 amide bonds. The fraction of sp³-hybridized carbons (Fsp3) is 0.267. The van der Waals surface area contributed by atoms with Gasteiger partial charge in [0.25, 0.3) is 0 Å². The minimum Gasteiger partial charge on any atom is -0.475 e. The average Bonchev–Trinajstić information content (AvgIpc) is 2.47. The van der Waals surface area contributed by atoms with Crippen molar-refractivity contribution in [1.29, 1.82) is 0 Å². The van der Waals surface area contributed by atoms with Gasteiger partial charge in [0.15, 0.2) is 0 Å². The van der Waals surface area contributed by atoms with Gasteiger partial charge in [-0.1, -0.05) is 30.3 Å². The summed E-state index contributed by atoms with van der Waals surface area (Å²) in [5.41, 5.74) is 3.14. The van der Waals surface area contributed by atoms with Crippen LogP contribution in [0.25, 0.3) is 0 Å². The van der Waals surface area contributed by atoms with Gasteiger partial charge in [0.1, 0.15) is 0 Å². The molecule has 20 heavy (non-hydrogen) atoms. The Morgan fingerprint density at radius 3 is 2.85 bits per heavy atom. The third-order valence-electron chi connectivity index (χ3n) is 3.47. The number of nitrogens with zero attached hydrogens (tertiary/aromatic N) is 3. The van der Waals surface area contributed by atoms with Crippen LogP contribution in [-0.4, -0.2) is 32.5 Å². The van der Waals surface area contributed by atoms with Gasteiger partial charge in [0, 0.05) is 25.8 Å². The Morgan fingerprint density at radius 2 is 2.10 bits per heavy atom. The third-order valence-corrected chi connectivity index (χ3v) is 3.47. The van der Waals surface area contributed by atoms with E-state index in [0.29, 0.717) is 6.54 Å². The van der Waals surface area contributed by atoms with Crippen molar-refractivity contribution in [3.8, 4) is 0 Å². The minimum atomic E-state index is -1.08. The molecule has 0 fully saturated rings. The van der Waals surface area contributed by atoms with E-state index in [1.165, 1.54) is 5.56 Å². The van der Waals surface area contributed by atoms with Crippen LogP contribution >= 0.6 is 0 Å². The van der Waals surface area contributed by atoms with Crippen molar-refractivity contribution < 1.29 is 9.90 Å². The Bertz CT molecular complexity index is 628. The molecule has 0 aliphatic carbocycles. The van der Waals surface area contributed by atoms with E-state index in [4.69, 9.17) is 5.11 Å². The van der Waals surface area contributed by atoms with Crippen LogP contribution in [0.5, 0.6) is 0 Å².